The number of amides is 2. The second-order valence-electron chi connectivity index (χ2n) is 9.95. The molecule has 0 saturated carbocycles. The van der Waals surface area contributed by atoms with Gasteiger partial charge in [0.25, 0.3) is 0 Å². The average Bonchev–Trinajstić information content (AvgIpc) is 2.92. The molecule has 1 aliphatic heterocycles. The van der Waals surface area contributed by atoms with Gasteiger partial charge >= 0.3 is 6.03 Å². The monoisotopic (exact) mass is 693 g/mol. The molecule has 0 spiro atoms. The molecule has 0 bridgehead atoms. The van der Waals surface area contributed by atoms with Crippen LogP contribution in [-0.2, 0) is 6.42 Å². The number of anilines is 1. The van der Waals surface area contributed by atoms with Gasteiger partial charge in [0, 0.05) is 24.7 Å². The van der Waals surface area contributed by atoms with Crippen LogP contribution in [0, 0.1) is 5.92 Å². The van der Waals surface area contributed by atoms with E-state index in [1.54, 1.807) is 33.5 Å². The van der Waals surface area contributed by atoms with E-state index < -0.39 is 0 Å². The molecule has 2 N–H and O–H groups in total. The number of methoxy groups -OCH3 is 3. The number of halogens is 3. The minimum absolute atomic E-state index is 0. The van der Waals surface area contributed by atoms with E-state index in [4.69, 9.17) is 37.4 Å². The molecule has 1 fully saturated rings. The predicted octanol–water partition coefficient (Wildman–Crippen LogP) is 7.66. The Hall–Kier alpha value is -1.62. The van der Waals surface area contributed by atoms with Crippen LogP contribution in [0.4, 0.5) is 10.5 Å². The maximum absolute atomic E-state index is 13.1. The fourth-order valence-electron chi connectivity index (χ4n) is 4.97. The van der Waals surface area contributed by atoms with Crippen molar-refractivity contribution >= 4 is 58.9 Å². The molecule has 0 radical (unpaired) electrons. The highest BCUT2D eigenvalue weighted by molar-refractivity contribution is 14.0. The highest BCUT2D eigenvalue weighted by Crippen LogP contribution is 2.40. The summed E-state index contributed by atoms with van der Waals surface area (Å²) in [5, 5.41) is 7.39. The van der Waals surface area contributed by atoms with E-state index in [9.17, 15) is 4.79 Å². The number of aryl methyl sites for hydroxylation is 1. The number of hydrogen-bond donors (Lipinski definition) is 2. The fourth-order valence-corrected chi connectivity index (χ4v) is 5.29. The number of likely N-dealkylation sites (tertiary alicyclic amines) is 1. The molecule has 7 nitrogen and oxygen atoms in total. The van der Waals surface area contributed by atoms with Crippen molar-refractivity contribution in [3.05, 3.63) is 45.9 Å². The number of urea groups is 1. The first-order valence-electron chi connectivity index (χ1n) is 13.4. The zero-order valence-electron chi connectivity index (χ0n) is 23.4. The Kier molecular flexibility index (Phi) is 14.9. The van der Waals surface area contributed by atoms with Crippen molar-refractivity contribution in [2.75, 3.05) is 46.3 Å². The molecule has 10 heteroatoms. The Bertz CT molecular complexity index is 1030. The zero-order chi connectivity index (χ0) is 27.5. The summed E-state index contributed by atoms with van der Waals surface area (Å²) in [5.74, 6) is 1.78. The topological polar surface area (TPSA) is 72.1 Å². The molecule has 0 aliphatic carbocycles. The summed E-state index contributed by atoms with van der Waals surface area (Å²) >= 11 is 12.2. The van der Waals surface area contributed by atoms with E-state index in [0.717, 1.165) is 45.3 Å². The molecule has 218 valence electrons. The van der Waals surface area contributed by atoms with E-state index in [2.05, 4.69) is 22.5 Å². The lowest BCUT2D eigenvalue weighted by Gasteiger charge is -2.33. The molecule has 0 aromatic heterocycles. The molecule has 2 aromatic carbocycles. The third-order valence-corrected chi connectivity index (χ3v) is 7.93. The van der Waals surface area contributed by atoms with E-state index in [1.807, 2.05) is 18.2 Å². The van der Waals surface area contributed by atoms with Crippen LogP contribution in [0.3, 0.4) is 0 Å². The molecular weight excluding hydrogens is 652 g/mol. The quantitative estimate of drug-likeness (QED) is 0.167. The Morgan fingerprint density at radius 1 is 0.949 bits per heavy atom. The van der Waals surface area contributed by atoms with Gasteiger partial charge in [-0.3, -0.25) is 0 Å². The molecular formula is C29H42Cl2IN3O4. The Morgan fingerprint density at radius 2 is 1.62 bits per heavy atom. The standard InChI is InChI=1S/C29H41Cl2N3O4.HI/c1-20(10-6-7-11-21-12-13-23(30)24(31)16-21)25(19-34-14-8-5-9-15-34)33-29(35)32-22-17-26(36-2)28(38-4)27(18-22)37-3;/h12-13,16-18,20,25H,5-11,14-15,19H2,1-4H3,(H2,32,33,35);1H. The molecule has 3 rings (SSSR count). The van der Waals surface area contributed by atoms with Gasteiger partial charge in [-0.2, -0.15) is 0 Å². The molecule has 1 heterocycles. The van der Waals surface area contributed by atoms with Gasteiger partial charge in [0.05, 0.1) is 37.1 Å². The highest BCUT2D eigenvalue weighted by Gasteiger charge is 2.24. The van der Waals surface area contributed by atoms with Crippen molar-refractivity contribution in [3.63, 3.8) is 0 Å². The predicted molar refractivity (Wildman–Crippen MR) is 171 cm³/mol. The number of ether oxygens (including phenoxy) is 3. The third kappa shape index (κ3) is 10.4. The summed E-state index contributed by atoms with van der Waals surface area (Å²) in [7, 11) is 4.66. The number of nitrogens with zero attached hydrogens (tertiary/aromatic N) is 1. The number of benzene rings is 2. The summed E-state index contributed by atoms with van der Waals surface area (Å²) in [5.41, 5.74) is 1.77. The molecule has 2 amide bonds. The van der Waals surface area contributed by atoms with Crippen molar-refractivity contribution in [2.24, 2.45) is 5.92 Å². The first-order chi connectivity index (χ1) is 18.3. The van der Waals surface area contributed by atoms with Gasteiger partial charge in [0.15, 0.2) is 11.5 Å². The molecule has 2 aromatic rings. The smallest absolute Gasteiger partial charge is 0.319 e. The largest absolute Gasteiger partial charge is 0.493 e. The summed E-state index contributed by atoms with van der Waals surface area (Å²) in [6, 6.07) is 9.07. The SMILES string of the molecule is COc1cc(NC(=O)NC(CN2CCCCC2)C(C)CCCCc2ccc(Cl)c(Cl)c2)cc(OC)c1OC.I. The van der Waals surface area contributed by atoms with Gasteiger partial charge in [-0.15, -0.1) is 24.0 Å². The van der Waals surface area contributed by atoms with Crippen LogP contribution in [0.5, 0.6) is 17.2 Å². The number of carbonyl (C=O) groups excluding carboxylic acids is 1. The van der Waals surface area contributed by atoms with Crippen molar-refractivity contribution in [3.8, 4) is 17.2 Å². The third-order valence-electron chi connectivity index (χ3n) is 7.19. The van der Waals surface area contributed by atoms with E-state index in [0.29, 0.717) is 38.9 Å². The van der Waals surface area contributed by atoms with E-state index >= 15 is 0 Å². The maximum atomic E-state index is 13.1. The summed E-state index contributed by atoms with van der Waals surface area (Å²) in [6.07, 6.45) is 7.79. The molecule has 2 atom stereocenters. The Balaban J connectivity index is 0.00000533. The van der Waals surface area contributed by atoms with Crippen LogP contribution in [-0.4, -0.2) is 57.9 Å². The van der Waals surface area contributed by atoms with Gasteiger partial charge in [-0.1, -0.05) is 49.0 Å². The number of unbranched alkanes of at least 4 members (excludes halogenated alkanes) is 1. The number of piperidine rings is 1. The fraction of sp³-hybridized carbons (Fsp3) is 0.552. The second kappa shape index (κ2) is 17.3. The van der Waals surface area contributed by atoms with Gasteiger partial charge in [-0.25, -0.2) is 4.79 Å². The van der Waals surface area contributed by atoms with Crippen molar-refractivity contribution < 1.29 is 19.0 Å². The van der Waals surface area contributed by atoms with Gasteiger partial charge in [-0.05, 0) is 68.8 Å². The lowest BCUT2D eigenvalue weighted by Crippen LogP contribution is -2.49. The van der Waals surface area contributed by atoms with Crippen LogP contribution in [0.1, 0.15) is 51.0 Å². The lowest BCUT2D eigenvalue weighted by molar-refractivity contribution is 0.180. The minimum Gasteiger partial charge on any atom is -0.493 e. The van der Waals surface area contributed by atoms with Crippen molar-refractivity contribution in [1.82, 2.24) is 10.2 Å². The van der Waals surface area contributed by atoms with Crippen LogP contribution in [0.15, 0.2) is 30.3 Å². The molecule has 2 unspecified atom stereocenters. The van der Waals surface area contributed by atoms with E-state index in [1.165, 1.54) is 24.8 Å². The Morgan fingerprint density at radius 3 is 2.21 bits per heavy atom. The van der Waals surface area contributed by atoms with Crippen LogP contribution < -0.4 is 24.8 Å². The first-order valence-corrected chi connectivity index (χ1v) is 14.1. The van der Waals surface area contributed by atoms with Crippen LogP contribution in [0.25, 0.3) is 0 Å². The van der Waals surface area contributed by atoms with Gasteiger partial charge in [0.2, 0.25) is 5.75 Å². The van der Waals surface area contributed by atoms with Crippen LogP contribution >= 0.6 is 47.2 Å². The number of nitrogens with one attached hydrogen (secondary N) is 2. The normalized spacial score (nSPS) is 15.0. The summed E-state index contributed by atoms with van der Waals surface area (Å²) < 4.78 is 16.2. The number of carbonyl (C=O) groups is 1. The van der Waals surface area contributed by atoms with Gasteiger partial charge < -0.3 is 29.7 Å². The lowest BCUT2D eigenvalue weighted by atomic mass is 9.93. The van der Waals surface area contributed by atoms with Crippen molar-refractivity contribution in [1.29, 1.82) is 0 Å². The summed E-state index contributed by atoms with van der Waals surface area (Å²) in [4.78, 5) is 15.6. The molecule has 1 saturated heterocycles. The van der Waals surface area contributed by atoms with Crippen molar-refractivity contribution in [2.45, 2.75) is 57.9 Å². The maximum Gasteiger partial charge on any atom is 0.319 e. The molecule has 1 aliphatic rings. The summed E-state index contributed by atoms with van der Waals surface area (Å²) in [6.45, 7) is 5.23. The minimum atomic E-state index is -0.246. The van der Waals surface area contributed by atoms with Crippen LogP contribution in [0.2, 0.25) is 10.0 Å². The first kappa shape index (κ1) is 33.6. The zero-order valence-corrected chi connectivity index (χ0v) is 27.2. The molecule has 39 heavy (non-hydrogen) atoms. The highest BCUT2D eigenvalue weighted by atomic mass is 127. The second-order valence-corrected chi connectivity index (χ2v) is 10.8. The number of hydrogen-bond acceptors (Lipinski definition) is 5. The van der Waals surface area contributed by atoms with E-state index in [-0.39, 0.29) is 36.0 Å². The number of rotatable bonds is 13. The Labute approximate surface area is 260 Å². The van der Waals surface area contributed by atoms with Gasteiger partial charge in [0.1, 0.15) is 0 Å². The average molecular weight is 694 g/mol.